The van der Waals surface area contributed by atoms with Crippen molar-refractivity contribution in [1.29, 1.82) is 10.5 Å². The summed E-state index contributed by atoms with van der Waals surface area (Å²) in [7, 11) is 0. The molecule has 2 aromatic carbocycles. The molecule has 1 N–H and O–H groups in total. The number of rotatable bonds is 8. The standard InChI is InChI=1S/C23H23N3O2/c1-2-3-4-8-11-28-21-13-17-22(19(15-25)18(21)14-24)20(26-23(17)27)12-16-9-6-5-7-10-16/h5-7,9-10,13,20H,2-4,8,11-12H2,1H3,(H,26,27). The minimum atomic E-state index is -0.328. The summed E-state index contributed by atoms with van der Waals surface area (Å²) in [4.78, 5) is 12.5. The molecule has 5 heteroatoms. The van der Waals surface area contributed by atoms with Gasteiger partial charge in [0, 0.05) is 11.1 Å². The van der Waals surface area contributed by atoms with Crippen LogP contribution in [0.1, 0.15) is 71.3 Å². The fourth-order valence-electron chi connectivity index (χ4n) is 3.59. The number of unbranched alkanes of at least 4 members (excludes halogenated alkanes) is 3. The average Bonchev–Trinajstić information content (AvgIpc) is 3.02. The molecule has 0 saturated heterocycles. The lowest BCUT2D eigenvalue weighted by Crippen LogP contribution is -2.20. The first kappa shape index (κ1) is 19.5. The van der Waals surface area contributed by atoms with Crippen LogP contribution in [-0.4, -0.2) is 12.5 Å². The molecule has 0 aromatic heterocycles. The number of carbonyl (C=O) groups is 1. The molecule has 2 aromatic rings. The Morgan fingerprint density at radius 1 is 1.07 bits per heavy atom. The Morgan fingerprint density at radius 2 is 1.82 bits per heavy atom. The zero-order valence-corrected chi connectivity index (χ0v) is 16.0. The van der Waals surface area contributed by atoms with E-state index in [1.807, 2.05) is 30.3 Å². The van der Waals surface area contributed by atoms with Gasteiger partial charge in [-0.3, -0.25) is 4.79 Å². The molecule has 0 radical (unpaired) electrons. The van der Waals surface area contributed by atoms with Gasteiger partial charge in [0.15, 0.2) is 0 Å². The maximum absolute atomic E-state index is 12.5. The minimum Gasteiger partial charge on any atom is -0.492 e. The number of benzene rings is 2. The topological polar surface area (TPSA) is 85.9 Å². The van der Waals surface area contributed by atoms with Gasteiger partial charge >= 0.3 is 0 Å². The highest BCUT2D eigenvalue weighted by Gasteiger charge is 2.34. The first-order valence-electron chi connectivity index (χ1n) is 9.68. The number of hydrogen-bond donors (Lipinski definition) is 1. The van der Waals surface area contributed by atoms with E-state index in [-0.39, 0.29) is 23.1 Å². The highest BCUT2D eigenvalue weighted by Crippen LogP contribution is 2.37. The third-order valence-corrected chi connectivity index (χ3v) is 4.99. The van der Waals surface area contributed by atoms with Crippen LogP contribution in [0.5, 0.6) is 5.75 Å². The van der Waals surface area contributed by atoms with Crippen LogP contribution in [0.2, 0.25) is 0 Å². The molecule has 1 unspecified atom stereocenters. The fourth-order valence-corrected chi connectivity index (χ4v) is 3.59. The van der Waals surface area contributed by atoms with Gasteiger partial charge in [0.05, 0.1) is 18.2 Å². The smallest absolute Gasteiger partial charge is 0.252 e. The lowest BCUT2D eigenvalue weighted by molar-refractivity contribution is 0.0956. The Morgan fingerprint density at radius 3 is 2.50 bits per heavy atom. The molecule has 0 aliphatic carbocycles. The lowest BCUT2D eigenvalue weighted by atomic mass is 9.91. The molecule has 1 aliphatic rings. The molecule has 142 valence electrons. The van der Waals surface area contributed by atoms with Crippen molar-refractivity contribution in [2.75, 3.05) is 6.61 Å². The van der Waals surface area contributed by atoms with E-state index in [1.165, 1.54) is 0 Å². The molecule has 1 aliphatic heterocycles. The highest BCUT2D eigenvalue weighted by molar-refractivity contribution is 6.01. The SMILES string of the molecule is CCCCCCOc1cc2c(c(C#N)c1C#N)C(Cc1ccccc1)NC2=O. The molecular weight excluding hydrogens is 350 g/mol. The Labute approximate surface area is 165 Å². The van der Waals surface area contributed by atoms with Gasteiger partial charge in [0.25, 0.3) is 5.91 Å². The molecule has 0 saturated carbocycles. The Balaban J connectivity index is 1.92. The first-order valence-corrected chi connectivity index (χ1v) is 9.68. The number of carbonyl (C=O) groups excluding carboxylic acids is 1. The van der Waals surface area contributed by atoms with E-state index in [4.69, 9.17) is 4.74 Å². The summed E-state index contributed by atoms with van der Waals surface area (Å²) in [6.07, 6.45) is 4.75. The van der Waals surface area contributed by atoms with Crippen molar-refractivity contribution < 1.29 is 9.53 Å². The minimum absolute atomic E-state index is 0.214. The highest BCUT2D eigenvalue weighted by atomic mass is 16.5. The molecule has 0 bridgehead atoms. The van der Waals surface area contributed by atoms with Crippen LogP contribution in [0.25, 0.3) is 0 Å². The number of nitriles is 2. The predicted octanol–water partition coefficient (Wildman–Crippen LogP) is 4.42. The summed E-state index contributed by atoms with van der Waals surface area (Å²) in [5, 5.41) is 22.4. The van der Waals surface area contributed by atoms with Gasteiger partial charge in [-0.05, 0) is 24.5 Å². The molecular formula is C23H23N3O2. The van der Waals surface area contributed by atoms with E-state index < -0.39 is 0 Å². The maximum atomic E-state index is 12.5. The van der Waals surface area contributed by atoms with E-state index in [0.29, 0.717) is 29.9 Å². The zero-order valence-electron chi connectivity index (χ0n) is 16.0. The number of nitrogens with zero attached hydrogens (tertiary/aromatic N) is 2. The van der Waals surface area contributed by atoms with Crippen molar-refractivity contribution in [3.05, 3.63) is 64.2 Å². The van der Waals surface area contributed by atoms with Gasteiger partial charge in [-0.1, -0.05) is 56.5 Å². The van der Waals surface area contributed by atoms with Crippen LogP contribution in [0.3, 0.4) is 0 Å². The average molecular weight is 373 g/mol. The monoisotopic (exact) mass is 373 g/mol. The van der Waals surface area contributed by atoms with Crippen molar-refractivity contribution in [2.24, 2.45) is 0 Å². The van der Waals surface area contributed by atoms with Crippen molar-refractivity contribution in [3.8, 4) is 17.9 Å². The number of fused-ring (bicyclic) bond motifs is 1. The molecule has 5 nitrogen and oxygen atoms in total. The summed E-state index contributed by atoms with van der Waals surface area (Å²) in [6.45, 7) is 2.60. The van der Waals surface area contributed by atoms with Crippen molar-refractivity contribution in [3.63, 3.8) is 0 Å². The van der Waals surface area contributed by atoms with E-state index in [0.717, 1.165) is 31.2 Å². The second-order valence-corrected chi connectivity index (χ2v) is 6.93. The lowest BCUT2D eigenvalue weighted by Gasteiger charge is -2.15. The summed E-state index contributed by atoms with van der Waals surface area (Å²) in [6, 6.07) is 15.3. The Hall–Kier alpha value is -3.31. The Kier molecular flexibility index (Phi) is 6.29. The molecule has 1 heterocycles. The van der Waals surface area contributed by atoms with Crippen molar-refractivity contribution in [2.45, 2.75) is 45.1 Å². The first-order chi connectivity index (χ1) is 13.7. The summed E-state index contributed by atoms with van der Waals surface area (Å²) < 4.78 is 5.79. The quantitative estimate of drug-likeness (QED) is 0.694. The molecule has 28 heavy (non-hydrogen) atoms. The number of hydrogen-bond acceptors (Lipinski definition) is 4. The van der Waals surface area contributed by atoms with Crippen LogP contribution < -0.4 is 10.1 Å². The third kappa shape index (κ3) is 4.00. The van der Waals surface area contributed by atoms with Crippen LogP contribution >= 0.6 is 0 Å². The number of amides is 1. The second-order valence-electron chi connectivity index (χ2n) is 6.93. The fraction of sp³-hybridized carbons (Fsp3) is 0.348. The van der Waals surface area contributed by atoms with E-state index in [9.17, 15) is 15.3 Å². The normalized spacial score (nSPS) is 14.7. The van der Waals surface area contributed by atoms with Gasteiger partial charge in [0.1, 0.15) is 23.5 Å². The van der Waals surface area contributed by atoms with Crippen molar-refractivity contribution >= 4 is 5.91 Å². The van der Waals surface area contributed by atoms with E-state index in [1.54, 1.807) is 6.07 Å². The third-order valence-electron chi connectivity index (χ3n) is 4.99. The summed E-state index contributed by atoms with van der Waals surface area (Å²) >= 11 is 0. The molecule has 0 fully saturated rings. The largest absolute Gasteiger partial charge is 0.492 e. The second kappa shape index (κ2) is 9.06. The number of ether oxygens (including phenoxy) is 1. The predicted molar refractivity (Wildman–Crippen MR) is 106 cm³/mol. The molecule has 1 amide bonds. The Bertz CT molecular complexity index is 939. The van der Waals surface area contributed by atoms with Gasteiger partial charge in [-0.2, -0.15) is 10.5 Å². The summed E-state index contributed by atoms with van der Waals surface area (Å²) in [5.74, 6) is 0.0950. The van der Waals surface area contributed by atoms with E-state index in [2.05, 4.69) is 24.4 Å². The molecule has 0 spiro atoms. The van der Waals surface area contributed by atoms with Crippen molar-refractivity contribution in [1.82, 2.24) is 5.32 Å². The van der Waals surface area contributed by atoms with Gasteiger partial charge in [0.2, 0.25) is 0 Å². The molecule has 3 rings (SSSR count). The zero-order chi connectivity index (χ0) is 19.9. The van der Waals surface area contributed by atoms with Crippen LogP contribution in [0.15, 0.2) is 36.4 Å². The van der Waals surface area contributed by atoms with Gasteiger partial charge in [-0.25, -0.2) is 0 Å². The van der Waals surface area contributed by atoms with Crippen LogP contribution in [0, 0.1) is 22.7 Å². The van der Waals surface area contributed by atoms with Gasteiger partial charge in [-0.15, -0.1) is 0 Å². The maximum Gasteiger partial charge on any atom is 0.252 e. The molecule has 1 atom stereocenters. The van der Waals surface area contributed by atoms with Crippen LogP contribution in [0.4, 0.5) is 0 Å². The summed E-state index contributed by atoms with van der Waals surface area (Å²) in [5.41, 5.74) is 2.54. The van der Waals surface area contributed by atoms with Gasteiger partial charge < -0.3 is 10.1 Å². The van der Waals surface area contributed by atoms with E-state index >= 15 is 0 Å². The van der Waals surface area contributed by atoms with Crippen LogP contribution in [-0.2, 0) is 6.42 Å². The number of nitrogens with one attached hydrogen (secondary N) is 1.